The average Bonchev–Trinajstić information content (AvgIpc) is 3.23. The number of anilines is 2. The predicted molar refractivity (Wildman–Crippen MR) is 74.8 cm³/mol. The van der Waals surface area contributed by atoms with E-state index in [9.17, 15) is 9.59 Å². The Labute approximate surface area is 113 Å². The summed E-state index contributed by atoms with van der Waals surface area (Å²) in [5, 5.41) is 0. The Hall–Kier alpha value is -1.84. The fourth-order valence-electron chi connectivity index (χ4n) is 2.69. The van der Waals surface area contributed by atoms with Crippen LogP contribution in [-0.4, -0.2) is 31.3 Å². The number of Topliss-reactive ketones (excluding diaryl/α,β-unsaturated/α-hetero) is 1. The SMILES string of the molecule is CCCN(c1ccc2c(c1)N(C)C(=O)C2=O)C1CC1. The Morgan fingerprint density at radius 2 is 2.05 bits per heavy atom. The molecule has 4 heteroatoms. The third-order valence-electron chi connectivity index (χ3n) is 3.87. The highest BCUT2D eigenvalue weighted by Gasteiger charge is 2.35. The van der Waals surface area contributed by atoms with E-state index in [0.29, 0.717) is 11.6 Å². The highest BCUT2D eigenvalue weighted by Crippen LogP contribution is 2.36. The van der Waals surface area contributed by atoms with Crippen LogP contribution in [0.25, 0.3) is 0 Å². The van der Waals surface area contributed by atoms with E-state index in [2.05, 4.69) is 11.8 Å². The van der Waals surface area contributed by atoms with Gasteiger partial charge in [-0.15, -0.1) is 0 Å². The molecule has 0 unspecified atom stereocenters. The van der Waals surface area contributed by atoms with Crippen LogP contribution in [0.3, 0.4) is 0 Å². The molecule has 1 fully saturated rings. The van der Waals surface area contributed by atoms with Gasteiger partial charge in [0.15, 0.2) is 0 Å². The van der Waals surface area contributed by atoms with Crippen molar-refractivity contribution in [3.8, 4) is 0 Å². The molecule has 1 heterocycles. The Kier molecular flexibility index (Phi) is 2.81. The van der Waals surface area contributed by atoms with Gasteiger partial charge in [0.1, 0.15) is 0 Å². The monoisotopic (exact) mass is 258 g/mol. The number of benzene rings is 1. The van der Waals surface area contributed by atoms with Gasteiger partial charge in [0.25, 0.3) is 11.7 Å². The molecule has 0 atom stereocenters. The molecule has 0 bridgehead atoms. The first-order chi connectivity index (χ1) is 9.13. The normalized spacial score (nSPS) is 17.9. The van der Waals surface area contributed by atoms with E-state index in [4.69, 9.17) is 0 Å². The molecule has 1 aromatic carbocycles. The number of fused-ring (bicyclic) bond motifs is 1. The van der Waals surface area contributed by atoms with E-state index >= 15 is 0 Å². The Balaban J connectivity index is 1.97. The fraction of sp³-hybridized carbons (Fsp3) is 0.467. The van der Waals surface area contributed by atoms with Crippen LogP contribution in [0.2, 0.25) is 0 Å². The molecular weight excluding hydrogens is 240 g/mol. The standard InChI is InChI=1S/C15H18N2O2/c1-3-8-17(10-4-5-10)11-6-7-12-13(9-11)16(2)15(19)14(12)18/h6-7,9-10H,3-5,8H2,1-2H3. The number of amides is 1. The lowest BCUT2D eigenvalue weighted by Gasteiger charge is -2.25. The minimum absolute atomic E-state index is 0.391. The number of nitrogens with zero attached hydrogens (tertiary/aromatic N) is 2. The van der Waals surface area contributed by atoms with Crippen LogP contribution >= 0.6 is 0 Å². The molecule has 4 nitrogen and oxygen atoms in total. The summed E-state index contributed by atoms with van der Waals surface area (Å²) in [6.45, 7) is 3.19. The summed E-state index contributed by atoms with van der Waals surface area (Å²) in [5.74, 6) is -0.821. The van der Waals surface area contributed by atoms with Gasteiger partial charge in [-0.1, -0.05) is 6.92 Å². The average molecular weight is 258 g/mol. The number of hydrogen-bond donors (Lipinski definition) is 0. The van der Waals surface area contributed by atoms with Crippen LogP contribution in [0, 0.1) is 0 Å². The van der Waals surface area contributed by atoms with Crippen LogP contribution < -0.4 is 9.80 Å². The van der Waals surface area contributed by atoms with Crippen molar-refractivity contribution in [1.29, 1.82) is 0 Å². The van der Waals surface area contributed by atoms with Gasteiger partial charge in [-0.05, 0) is 37.5 Å². The third-order valence-corrected chi connectivity index (χ3v) is 3.87. The number of carbonyl (C=O) groups excluding carboxylic acids is 2. The van der Waals surface area contributed by atoms with Crippen molar-refractivity contribution in [2.24, 2.45) is 0 Å². The minimum Gasteiger partial charge on any atom is -0.368 e. The molecule has 19 heavy (non-hydrogen) atoms. The largest absolute Gasteiger partial charge is 0.368 e. The van der Waals surface area contributed by atoms with Crippen molar-refractivity contribution in [1.82, 2.24) is 0 Å². The Morgan fingerprint density at radius 3 is 2.68 bits per heavy atom. The van der Waals surface area contributed by atoms with Gasteiger partial charge >= 0.3 is 0 Å². The van der Waals surface area contributed by atoms with Gasteiger partial charge < -0.3 is 9.80 Å². The fourth-order valence-corrected chi connectivity index (χ4v) is 2.69. The second-order valence-electron chi connectivity index (χ2n) is 5.32. The molecule has 0 radical (unpaired) electrons. The van der Waals surface area contributed by atoms with Gasteiger partial charge in [0, 0.05) is 25.3 Å². The number of hydrogen-bond acceptors (Lipinski definition) is 3. The lowest BCUT2D eigenvalue weighted by molar-refractivity contribution is -0.114. The van der Waals surface area contributed by atoms with Crippen LogP contribution in [0.5, 0.6) is 0 Å². The first-order valence-corrected chi connectivity index (χ1v) is 6.86. The maximum Gasteiger partial charge on any atom is 0.299 e. The van der Waals surface area contributed by atoms with Crippen LogP contribution in [0.4, 0.5) is 11.4 Å². The van der Waals surface area contributed by atoms with E-state index in [-0.39, 0.29) is 0 Å². The first kappa shape index (κ1) is 12.2. The molecule has 100 valence electrons. The summed E-state index contributed by atoms with van der Waals surface area (Å²) < 4.78 is 0. The molecular formula is C15H18N2O2. The van der Waals surface area contributed by atoms with Crippen molar-refractivity contribution in [3.05, 3.63) is 23.8 Å². The molecule has 0 saturated heterocycles. The summed E-state index contributed by atoms with van der Waals surface area (Å²) in [5.41, 5.74) is 2.40. The quantitative estimate of drug-likeness (QED) is 0.778. The smallest absolute Gasteiger partial charge is 0.299 e. The zero-order chi connectivity index (χ0) is 13.6. The summed E-state index contributed by atoms with van der Waals surface area (Å²) in [4.78, 5) is 27.3. The maximum atomic E-state index is 11.8. The number of likely N-dealkylation sites (N-methyl/N-ethyl adjacent to an activating group) is 1. The number of ketones is 1. The van der Waals surface area contributed by atoms with Gasteiger partial charge in [-0.3, -0.25) is 9.59 Å². The topological polar surface area (TPSA) is 40.6 Å². The lowest BCUT2D eigenvalue weighted by Crippen LogP contribution is -2.27. The molecule has 1 amide bonds. The molecule has 3 rings (SSSR count). The second-order valence-corrected chi connectivity index (χ2v) is 5.32. The zero-order valence-corrected chi connectivity index (χ0v) is 11.3. The highest BCUT2D eigenvalue weighted by atomic mass is 16.2. The molecule has 1 aliphatic carbocycles. The molecule has 2 aliphatic rings. The van der Waals surface area contributed by atoms with Crippen molar-refractivity contribution in [2.75, 3.05) is 23.4 Å². The second kappa shape index (κ2) is 4.37. The van der Waals surface area contributed by atoms with E-state index in [1.54, 1.807) is 13.1 Å². The number of carbonyl (C=O) groups is 2. The third kappa shape index (κ3) is 1.91. The summed E-state index contributed by atoms with van der Waals surface area (Å²) in [7, 11) is 1.66. The van der Waals surface area contributed by atoms with Crippen molar-refractivity contribution < 1.29 is 9.59 Å². The summed E-state index contributed by atoms with van der Waals surface area (Å²) in [6, 6.07) is 6.37. The number of rotatable bonds is 4. The van der Waals surface area contributed by atoms with Crippen molar-refractivity contribution in [2.45, 2.75) is 32.2 Å². The van der Waals surface area contributed by atoms with E-state index in [1.807, 2.05) is 12.1 Å². The maximum absolute atomic E-state index is 11.8. The van der Waals surface area contributed by atoms with Crippen molar-refractivity contribution in [3.63, 3.8) is 0 Å². The molecule has 1 saturated carbocycles. The van der Waals surface area contributed by atoms with Gasteiger partial charge in [-0.25, -0.2) is 0 Å². The minimum atomic E-state index is -0.430. The molecule has 1 aromatic rings. The molecule has 1 aliphatic heterocycles. The Morgan fingerprint density at radius 1 is 1.32 bits per heavy atom. The predicted octanol–water partition coefficient (Wildman–Crippen LogP) is 2.22. The van der Waals surface area contributed by atoms with Crippen LogP contribution in [0.15, 0.2) is 18.2 Å². The van der Waals surface area contributed by atoms with Crippen LogP contribution in [-0.2, 0) is 4.79 Å². The molecule has 0 N–H and O–H groups in total. The van der Waals surface area contributed by atoms with E-state index in [0.717, 1.165) is 24.3 Å². The molecule has 0 aromatic heterocycles. The van der Waals surface area contributed by atoms with E-state index < -0.39 is 11.7 Å². The van der Waals surface area contributed by atoms with Gasteiger partial charge in [0.05, 0.1) is 11.3 Å². The lowest BCUT2D eigenvalue weighted by atomic mass is 10.1. The summed E-state index contributed by atoms with van der Waals surface area (Å²) in [6.07, 6.45) is 3.58. The first-order valence-electron chi connectivity index (χ1n) is 6.86. The van der Waals surface area contributed by atoms with Gasteiger partial charge in [-0.2, -0.15) is 0 Å². The highest BCUT2D eigenvalue weighted by molar-refractivity contribution is 6.52. The van der Waals surface area contributed by atoms with Crippen LogP contribution in [0.1, 0.15) is 36.5 Å². The van der Waals surface area contributed by atoms with Gasteiger partial charge in [0.2, 0.25) is 0 Å². The molecule has 0 spiro atoms. The van der Waals surface area contributed by atoms with Crippen molar-refractivity contribution >= 4 is 23.1 Å². The summed E-state index contributed by atoms with van der Waals surface area (Å²) >= 11 is 0. The Bertz CT molecular complexity index is 549. The zero-order valence-electron chi connectivity index (χ0n) is 11.3. The van der Waals surface area contributed by atoms with E-state index in [1.165, 1.54) is 17.7 Å².